The van der Waals surface area contributed by atoms with Crippen molar-refractivity contribution in [3.63, 3.8) is 0 Å². The maximum Gasteiger partial charge on any atom is 0.274 e. The molecule has 2 aromatic heterocycles. The molecule has 1 fully saturated rings. The van der Waals surface area contributed by atoms with E-state index in [0.29, 0.717) is 22.9 Å². The second-order valence-corrected chi connectivity index (χ2v) is 8.40. The standard InChI is InChI=1S/C22H24ClN5O/c1-15-19-11-18(26-8-3-2-4-9-26)6-5-16(19)7-10-27(15)22(29)20-12-21-24-13-17(23)14-28(21)25-20/h5-6,11-15H,2-4,7-10H2,1H3. The zero-order chi connectivity index (χ0) is 20.0. The van der Waals surface area contributed by atoms with Crippen LogP contribution in [0.1, 0.15) is 53.8 Å². The van der Waals surface area contributed by atoms with Gasteiger partial charge in [-0.05, 0) is 55.9 Å². The maximum absolute atomic E-state index is 13.2. The Labute approximate surface area is 175 Å². The van der Waals surface area contributed by atoms with Crippen LogP contribution >= 0.6 is 11.6 Å². The molecule has 150 valence electrons. The van der Waals surface area contributed by atoms with Gasteiger partial charge in [0.2, 0.25) is 0 Å². The number of piperidine rings is 1. The predicted octanol–water partition coefficient (Wildman–Crippen LogP) is 4.13. The molecule has 3 aromatic rings. The summed E-state index contributed by atoms with van der Waals surface area (Å²) in [4.78, 5) is 21.9. The number of hydrogen-bond acceptors (Lipinski definition) is 4. The van der Waals surface area contributed by atoms with Crippen LogP contribution in [0.4, 0.5) is 5.69 Å². The zero-order valence-electron chi connectivity index (χ0n) is 16.5. The van der Waals surface area contributed by atoms with Crippen LogP contribution in [0.5, 0.6) is 0 Å². The number of carbonyl (C=O) groups excluding carboxylic acids is 1. The molecular formula is C22H24ClN5O. The van der Waals surface area contributed by atoms with Crippen molar-refractivity contribution in [1.29, 1.82) is 0 Å². The van der Waals surface area contributed by atoms with Crippen molar-refractivity contribution in [3.8, 4) is 0 Å². The first-order valence-electron chi connectivity index (χ1n) is 10.3. The van der Waals surface area contributed by atoms with Crippen molar-refractivity contribution in [2.75, 3.05) is 24.5 Å². The molecule has 5 rings (SSSR count). The minimum absolute atomic E-state index is 0.0114. The molecule has 4 heterocycles. The van der Waals surface area contributed by atoms with E-state index in [1.54, 1.807) is 23.0 Å². The summed E-state index contributed by atoms with van der Waals surface area (Å²) in [6, 6.07) is 8.51. The average Bonchev–Trinajstić information content (AvgIpc) is 3.17. The fraction of sp³-hybridized carbons (Fsp3) is 0.409. The molecule has 7 heteroatoms. The van der Waals surface area contributed by atoms with Crippen LogP contribution in [0, 0.1) is 0 Å². The average molecular weight is 410 g/mol. The summed E-state index contributed by atoms with van der Waals surface area (Å²) in [7, 11) is 0. The van der Waals surface area contributed by atoms with Crippen LogP contribution < -0.4 is 4.90 Å². The molecule has 1 amide bonds. The first kappa shape index (κ1) is 18.4. The normalized spacial score (nSPS) is 19.4. The Kier molecular flexibility index (Phi) is 4.66. The third-order valence-electron chi connectivity index (χ3n) is 6.15. The molecule has 1 unspecified atom stereocenters. The molecule has 2 aliphatic rings. The molecule has 0 aliphatic carbocycles. The SMILES string of the molecule is CC1c2cc(N3CCCCC3)ccc2CCN1C(=O)c1cc2ncc(Cl)cn2n1. The monoisotopic (exact) mass is 409 g/mol. The number of nitrogens with zero attached hydrogens (tertiary/aromatic N) is 5. The van der Waals surface area contributed by atoms with E-state index >= 15 is 0 Å². The molecule has 0 saturated carbocycles. The predicted molar refractivity (Wildman–Crippen MR) is 114 cm³/mol. The number of aromatic nitrogens is 3. The van der Waals surface area contributed by atoms with Gasteiger partial charge in [0.05, 0.1) is 17.3 Å². The van der Waals surface area contributed by atoms with E-state index in [-0.39, 0.29) is 11.9 Å². The molecule has 29 heavy (non-hydrogen) atoms. The van der Waals surface area contributed by atoms with E-state index in [2.05, 4.69) is 40.1 Å². The van der Waals surface area contributed by atoms with Gasteiger partial charge in [-0.25, -0.2) is 9.50 Å². The summed E-state index contributed by atoms with van der Waals surface area (Å²) in [6.45, 7) is 5.04. The Bertz CT molecular complexity index is 1070. The van der Waals surface area contributed by atoms with Gasteiger partial charge in [-0.1, -0.05) is 17.7 Å². The highest BCUT2D eigenvalue weighted by molar-refractivity contribution is 6.30. The summed E-state index contributed by atoms with van der Waals surface area (Å²) in [6.07, 6.45) is 7.92. The molecule has 0 radical (unpaired) electrons. The molecule has 0 bridgehead atoms. The second-order valence-electron chi connectivity index (χ2n) is 7.96. The van der Waals surface area contributed by atoms with Gasteiger partial charge in [-0.3, -0.25) is 4.79 Å². The minimum Gasteiger partial charge on any atom is -0.372 e. The van der Waals surface area contributed by atoms with Crippen LogP contribution in [0.25, 0.3) is 5.65 Å². The Morgan fingerprint density at radius 2 is 1.97 bits per heavy atom. The summed E-state index contributed by atoms with van der Waals surface area (Å²) in [5, 5.41) is 4.89. The third kappa shape index (κ3) is 3.35. The molecular weight excluding hydrogens is 386 g/mol. The Hall–Kier alpha value is -2.60. The molecule has 1 aromatic carbocycles. The van der Waals surface area contributed by atoms with E-state index in [4.69, 9.17) is 11.6 Å². The van der Waals surface area contributed by atoms with Crippen molar-refractivity contribution in [2.45, 2.75) is 38.6 Å². The van der Waals surface area contributed by atoms with Gasteiger partial charge in [-0.2, -0.15) is 5.10 Å². The van der Waals surface area contributed by atoms with Gasteiger partial charge in [0.15, 0.2) is 11.3 Å². The lowest BCUT2D eigenvalue weighted by atomic mass is 9.92. The Morgan fingerprint density at radius 1 is 1.14 bits per heavy atom. The van der Waals surface area contributed by atoms with Gasteiger partial charge in [0.1, 0.15) is 0 Å². The van der Waals surface area contributed by atoms with Crippen LogP contribution in [-0.2, 0) is 6.42 Å². The van der Waals surface area contributed by atoms with Gasteiger partial charge in [-0.15, -0.1) is 0 Å². The third-order valence-corrected chi connectivity index (χ3v) is 6.35. The smallest absolute Gasteiger partial charge is 0.274 e. The number of benzene rings is 1. The van der Waals surface area contributed by atoms with E-state index in [0.717, 1.165) is 19.5 Å². The Morgan fingerprint density at radius 3 is 2.79 bits per heavy atom. The number of halogens is 1. The van der Waals surface area contributed by atoms with E-state index in [1.807, 2.05) is 4.90 Å². The summed E-state index contributed by atoms with van der Waals surface area (Å²) >= 11 is 5.99. The number of hydrogen-bond donors (Lipinski definition) is 0. The zero-order valence-corrected chi connectivity index (χ0v) is 17.3. The highest BCUT2D eigenvalue weighted by Gasteiger charge is 2.30. The highest BCUT2D eigenvalue weighted by atomic mass is 35.5. The van der Waals surface area contributed by atoms with Crippen molar-refractivity contribution >= 4 is 28.8 Å². The summed E-state index contributed by atoms with van der Waals surface area (Å²) in [5.74, 6) is -0.0619. The summed E-state index contributed by atoms with van der Waals surface area (Å²) < 4.78 is 1.56. The number of amides is 1. The first-order valence-corrected chi connectivity index (χ1v) is 10.7. The van der Waals surface area contributed by atoms with Crippen LogP contribution in [0.3, 0.4) is 0 Å². The van der Waals surface area contributed by atoms with Crippen molar-refractivity contribution in [2.24, 2.45) is 0 Å². The van der Waals surface area contributed by atoms with Gasteiger partial charge >= 0.3 is 0 Å². The fourth-order valence-electron chi connectivity index (χ4n) is 4.53. The van der Waals surface area contributed by atoms with Crippen molar-refractivity contribution in [3.05, 3.63) is 58.5 Å². The van der Waals surface area contributed by atoms with Gasteiger partial charge in [0, 0.05) is 37.6 Å². The largest absolute Gasteiger partial charge is 0.372 e. The Balaban J connectivity index is 1.43. The minimum atomic E-state index is -0.0619. The topological polar surface area (TPSA) is 53.7 Å². The van der Waals surface area contributed by atoms with Gasteiger partial charge in [0.25, 0.3) is 5.91 Å². The van der Waals surface area contributed by atoms with Gasteiger partial charge < -0.3 is 9.80 Å². The van der Waals surface area contributed by atoms with E-state index < -0.39 is 0 Å². The lowest BCUT2D eigenvalue weighted by Crippen LogP contribution is -2.39. The first-order chi connectivity index (χ1) is 14.1. The van der Waals surface area contributed by atoms with Crippen molar-refractivity contribution < 1.29 is 4.79 Å². The highest BCUT2D eigenvalue weighted by Crippen LogP contribution is 2.34. The van der Waals surface area contributed by atoms with Crippen LogP contribution in [0.2, 0.25) is 5.02 Å². The number of carbonyl (C=O) groups is 1. The number of rotatable bonds is 2. The quantitative estimate of drug-likeness (QED) is 0.638. The van der Waals surface area contributed by atoms with Crippen molar-refractivity contribution in [1.82, 2.24) is 19.5 Å². The molecule has 6 nitrogen and oxygen atoms in total. The molecule has 0 N–H and O–H groups in total. The molecule has 1 atom stereocenters. The molecule has 2 aliphatic heterocycles. The van der Waals surface area contributed by atoms with Crippen LogP contribution in [-0.4, -0.2) is 45.0 Å². The van der Waals surface area contributed by atoms with E-state index in [1.165, 1.54) is 36.1 Å². The maximum atomic E-state index is 13.2. The second kappa shape index (κ2) is 7.34. The summed E-state index contributed by atoms with van der Waals surface area (Å²) in [5.41, 5.74) is 4.89. The number of anilines is 1. The molecule has 0 spiro atoms. The van der Waals surface area contributed by atoms with Crippen LogP contribution in [0.15, 0.2) is 36.7 Å². The fourth-order valence-corrected chi connectivity index (χ4v) is 4.67. The molecule has 1 saturated heterocycles. The lowest BCUT2D eigenvalue weighted by Gasteiger charge is -2.36. The lowest BCUT2D eigenvalue weighted by molar-refractivity contribution is 0.0671. The van der Waals surface area contributed by atoms with E-state index in [9.17, 15) is 4.79 Å². The number of fused-ring (bicyclic) bond motifs is 2.